The quantitative estimate of drug-likeness (QED) is 0.830. The van der Waals surface area contributed by atoms with Gasteiger partial charge in [0.1, 0.15) is 5.82 Å². The van der Waals surface area contributed by atoms with Gasteiger partial charge in [-0.25, -0.2) is 9.78 Å². The number of hydrogen-bond donors (Lipinski definition) is 2. The Morgan fingerprint density at radius 3 is 2.82 bits per heavy atom. The molecule has 8 nitrogen and oxygen atoms in total. The Hall–Kier alpha value is -1.90. The molecule has 0 spiro atoms. The van der Waals surface area contributed by atoms with Gasteiger partial charge in [0.2, 0.25) is 5.13 Å². The van der Waals surface area contributed by atoms with Crippen LogP contribution in [0.3, 0.4) is 0 Å². The highest BCUT2D eigenvalue weighted by Gasteiger charge is 2.21. The molecular formula is C13H21N5O3S. The molecule has 122 valence electrons. The molecule has 1 aliphatic rings. The van der Waals surface area contributed by atoms with Crippen molar-refractivity contribution in [3.63, 3.8) is 0 Å². The molecule has 1 aromatic heterocycles. The highest BCUT2D eigenvalue weighted by atomic mass is 32.1. The van der Waals surface area contributed by atoms with Crippen LogP contribution in [0.2, 0.25) is 0 Å². The lowest BCUT2D eigenvalue weighted by molar-refractivity contribution is -0.136. The number of carbonyl (C=O) groups is 2. The molecular weight excluding hydrogens is 306 g/mol. The highest BCUT2D eigenvalue weighted by Crippen LogP contribution is 2.19. The zero-order chi connectivity index (χ0) is 15.9. The van der Waals surface area contributed by atoms with Crippen LogP contribution in [0.15, 0.2) is 0 Å². The Bertz CT molecular complexity index is 522. The number of hydrogen-bond acceptors (Lipinski definition) is 6. The smallest absolute Gasteiger partial charge is 0.317 e. The number of nitrogens with zero attached hydrogens (tertiary/aromatic N) is 4. The number of carboxylic acids is 1. The van der Waals surface area contributed by atoms with Crippen LogP contribution < -0.4 is 10.2 Å². The first-order chi connectivity index (χ1) is 10.6. The van der Waals surface area contributed by atoms with Crippen molar-refractivity contribution in [2.24, 2.45) is 0 Å². The van der Waals surface area contributed by atoms with Gasteiger partial charge >= 0.3 is 12.0 Å². The molecule has 2 rings (SSSR count). The fraction of sp³-hybridized carbons (Fsp3) is 0.692. The van der Waals surface area contributed by atoms with Crippen LogP contribution in [0, 0.1) is 0 Å². The summed E-state index contributed by atoms with van der Waals surface area (Å²) >= 11 is 1.40. The van der Waals surface area contributed by atoms with Crippen molar-refractivity contribution in [2.45, 2.75) is 26.2 Å². The molecule has 22 heavy (non-hydrogen) atoms. The van der Waals surface area contributed by atoms with Gasteiger partial charge in [0.15, 0.2) is 0 Å². The van der Waals surface area contributed by atoms with E-state index in [1.807, 2.05) is 6.92 Å². The zero-order valence-electron chi connectivity index (χ0n) is 12.6. The van der Waals surface area contributed by atoms with Crippen molar-refractivity contribution < 1.29 is 14.7 Å². The third-order valence-corrected chi connectivity index (χ3v) is 4.26. The number of aryl methyl sites for hydroxylation is 1. The van der Waals surface area contributed by atoms with E-state index >= 15 is 0 Å². The van der Waals surface area contributed by atoms with Crippen LogP contribution in [0.4, 0.5) is 9.93 Å². The number of amides is 2. The minimum Gasteiger partial charge on any atom is -0.481 e. The van der Waals surface area contributed by atoms with E-state index in [2.05, 4.69) is 19.6 Å². The number of anilines is 1. The normalized spacial score (nSPS) is 15.5. The summed E-state index contributed by atoms with van der Waals surface area (Å²) in [6.07, 6.45) is 1.62. The average Bonchev–Trinajstić information content (AvgIpc) is 2.83. The zero-order valence-corrected chi connectivity index (χ0v) is 13.4. The van der Waals surface area contributed by atoms with Gasteiger partial charge in [0, 0.05) is 50.7 Å². The molecule has 0 radical (unpaired) electrons. The van der Waals surface area contributed by atoms with Crippen molar-refractivity contribution in [1.82, 2.24) is 19.6 Å². The first-order valence-electron chi connectivity index (χ1n) is 7.42. The lowest BCUT2D eigenvalue weighted by Crippen LogP contribution is -2.42. The van der Waals surface area contributed by atoms with Gasteiger partial charge in [-0.15, -0.1) is 0 Å². The third-order valence-electron chi connectivity index (χ3n) is 3.44. The van der Waals surface area contributed by atoms with E-state index in [4.69, 9.17) is 5.11 Å². The number of nitrogens with one attached hydrogen (secondary N) is 1. The summed E-state index contributed by atoms with van der Waals surface area (Å²) in [5.41, 5.74) is 0. The standard InChI is InChI=1S/C13H21N5O3S/c1-2-10-15-13(22-16-10)18-7-3-6-17(8-9-18)12(21)14-5-4-11(19)20/h2-9H2,1H3,(H,14,21)(H,19,20). The molecule has 2 heterocycles. The molecule has 0 unspecified atom stereocenters. The highest BCUT2D eigenvalue weighted by molar-refractivity contribution is 7.09. The van der Waals surface area contributed by atoms with Crippen molar-refractivity contribution >= 4 is 28.7 Å². The van der Waals surface area contributed by atoms with Crippen LogP contribution in [0.5, 0.6) is 0 Å². The third kappa shape index (κ3) is 4.55. The summed E-state index contributed by atoms with van der Waals surface area (Å²) in [5.74, 6) is -0.0575. The Balaban J connectivity index is 1.83. The van der Waals surface area contributed by atoms with E-state index in [1.165, 1.54) is 11.5 Å². The Morgan fingerprint density at radius 2 is 2.14 bits per heavy atom. The van der Waals surface area contributed by atoms with Gasteiger partial charge in [-0.3, -0.25) is 4.79 Å². The molecule has 9 heteroatoms. The Labute approximate surface area is 133 Å². The number of aromatic nitrogens is 2. The van der Waals surface area contributed by atoms with E-state index in [-0.39, 0.29) is 19.0 Å². The Morgan fingerprint density at radius 1 is 1.32 bits per heavy atom. The van der Waals surface area contributed by atoms with Gasteiger partial charge in [-0.05, 0) is 6.42 Å². The van der Waals surface area contributed by atoms with E-state index < -0.39 is 5.97 Å². The molecule has 0 bridgehead atoms. The SMILES string of the molecule is CCc1nsc(N2CCCN(C(=O)NCCC(=O)O)CC2)n1. The second kappa shape index (κ2) is 7.92. The van der Waals surface area contributed by atoms with Crippen molar-refractivity contribution in [2.75, 3.05) is 37.6 Å². The first-order valence-corrected chi connectivity index (χ1v) is 8.19. The van der Waals surface area contributed by atoms with Gasteiger partial charge < -0.3 is 20.2 Å². The molecule has 0 atom stereocenters. The number of carboxylic acid groups (broad SMARTS) is 1. The minimum atomic E-state index is -0.912. The number of urea groups is 1. The lowest BCUT2D eigenvalue weighted by Gasteiger charge is -2.21. The van der Waals surface area contributed by atoms with E-state index in [1.54, 1.807) is 4.90 Å². The summed E-state index contributed by atoms with van der Waals surface area (Å²) < 4.78 is 4.29. The van der Waals surface area contributed by atoms with Crippen molar-refractivity contribution in [1.29, 1.82) is 0 Å². The maximum absolute atomic E-state index is 12.0. The van der Waals surface area contributed by atoms with Crippen LogP contribution in [0.25, 0.3) is 0 Å². The van der Waals surface area contributed by atoms with Gasteiger partial charge in [0.25, 0.3) is 0 Å². The summed E-state index contributed by atoms with van der Waals surface area (Å²) in [6.45, 7) is 5.00. The molecule has 1 fully saturated rings. The van der Waals surface area contributed by atoms with Crippen LogP contribution in [0.1, 0.15) is 25.6 Å². The monoisotopic (exact) mass is 327 g/mol. The molecule has 2 amide bonds. The maximum atomic E-state index is 12.0. The molecule has 1 aliphatic heterocycles. The van der Waals surface area contributed by atoms with Gasteiger partial charge in [-0.2, -0.15) is 4.37 Å². The molecule has 0 aromatic carbocycles. The number of aliphatic carboxylic acids is 1. The van der Waals surface area contributed by atoms with Gasteiger partial charge in [-0.1, -0.05) is 6.92 Å². The summed E-state index contributed by atoms with van der Waals surface area (Å²) in [4.78, 5) is 30.8. The minimum absolute atomic E-state index is 0.0592. The Kier molecular flexibility index (Phi) is 5.93. The molecule has 0 aliphatic carbocycles. The van der Waals surface area contributed by atoms with E-state index in [9.17, 15) is 9.59 Å². The van der Waals surface area contributed by atoms with E-state index in [0.29, 0.717) is 19.6 Å². The largest absolute Gasteiger partial charge is 0.481 e. The van der Waals surface area contributed by atoms with Crippen LogP contribution in [-0.4, -0.2) is 64.1 Å². The summed E-state index contributed by atoms with van der Waals surface area (Å²) in [5, 5.41) is 12.1. The second-order valence-electron chi connectivity index (χ2n) is 5.05. The predicted octanol–water partition coefficient (Wildman–Crippen LogP) is 0.797. The van der Waals surface area contributed by atoms with Crippen LogP contribution >= 0.6 is 11.5 Å². The van der Waals surface area contributed by atoms with E-state index in [0.717, 1.165) is 30.3 Å². The average molecular weight is 327 g/mol. The summed E-state index contributed by atoms with van der Waals surface area (Å²) in [7, 11) is 0. The topological polar surface area (TPSA) is 98.7 Å². The lowest BCUT2D eigenvalue weighted by atomic mass is 10.4. The molecule has 1 saturated heterocycles. The van der Waals surface area contributed by atoms with Crippen molar-refractivity contribution in [3.05, 3.63) is 5.82 Å². The second-order valence-corrected chi connectivity index (χ2v) is 5.78. The van der Waals surface area contributed by atoms with Crippen LogP contribution in [-0.2, 0) is 11.2 Å². The predicted molar refractivity (Wildman–Crippen MR) is 83.3 cm³/mol. The fourth-order valence-corrected chi connectivity index (χ4v) is 3.02. The van der Waals surface area contributed by atoms with Crippen molar-refractivity contribution in [3.8, 4) is 0 Å². The molecule has 2 N–H and O–H groups in total. The molecule has 0 saturated carbocycles. The maximum Gasteiger partial charge on any atom is 0.317 e. The first kappa shape index (κ1) is 16.5. The van der Waals surface area contributed by atoms with Gasteiger partial charge in [0.05, 0.1) is 6.42 Å². The summed E-state index contributed by atoms with van der Waals surface area (Å²) in [6, 6.07) is -0.199. The number of rotatable bonds is 5. The fourth-order valence-electron chi connectivity index (χ4n) is 2.22. The molecule has 1 aromatic rings. The number of carbonyl (C=O) groups excluding carboxylic acids is 1.